The highest BCUT2D eigenvalue weighted by Gasteiger charge is 2.28. The predicted molar refractivity (Wildman–Crippen MR) is 86.0 cm³/mol. The molecule has 2 aliphatic heterocycles. The van der Waals surface area contributed by atoms with Gasteiger partial charge in [-0.3, -0.25) is 9.89 Å². The zero-order valence-corrected chi connectivity index (χ0v) is 11.9. The van der Waals surface area contributed by atoms with E-state index >= 15 is 0 Å². The highest BCUT2D eigenvalue weighted by Crippen LogP contribution is 2.43. The van der Waals surface area contributed by atoms with E-state index in [2.05, 4.69) is 35.4 Å². The highest BCUT2D eigenvalue weighted by atomic mass is 32.2. The first-order valence-corrected chi connectivity index (χ1v) is 7.62. The minimum absolute atomic E-state index is 0.762. The second kappa shape index (κ2) is 4.56. The number of anilines is 2. The van der Waals surface area contributed by atoms with E-state index in [1.54, 1.807) is 11.8 Å². The number of benzene rings is 1. The average Bonchev–Trinajstić information content (AvgIpc) is 2.85. The third-order valence-corrected chi connectivity index (χ3v) is 4.76. The number of allylic oxidation sites excluding steroid dienone is 3. The number of thioether (sulfide) groups is 1. The lowest BCUT2D eigenvalue weighted by Crippen LogP contribution is -2.23. The smallest absolute Gasteiger partial charge is 0.173 e. The molecule has 3 aliphatic rings. The highest BCUT2D eigenvalue weighted by molar-refractivity contribution is 8.14. The number of aliphatic imine (C=N–C) groups is 1. The van der Waals surface area contributed by atoms with E-state index in [9.17, 15) is 0 Å². The Balaban J connectivity index is 1.74. The van der Waals surface area contributed by atoms with Crippen molar-refractivity contribution in [3.8, 4) is 0 Å². The molecule has 0 unspecified atom stereocenters. The number of rotatable bonds is 1. The van der Waals surface area contributed by atoms with Crippen molar-refractivity contribution in [3.63, 3.8) is 0 Å². The Kier molecular flexibility index (Phi) is 2.70. The lowest BCUT2D eigenvalue weighted by atomic mass is 9.99. The van der Waals surface area contributed by atoms with Crippen molar-refractivity contribution in [2.24, 2.45) is 4.99 Å². The van der Waals surface area contributed by atoms with Gasteiger partial charge in [0.2, 0.25) is 0 Å². The van der Waals surface area contributed by atoms with Gasteiger partial charge in [0.25, 0.3) is 0 Å². The molecule has 0 amide bonds. The fourth-order valence-corrected chi connectivity index (χ4v) is 3.63. The van der Waals surface area contributed by atoms with Crippen LogP contribution >= 0.6 is 11.8 Å². The molecule has 0 bridgehead atoms. The normalized spacial score (nSPS) is 20.0. The first-order valence-electron chi connectivity index (χ1n) is 6.80. The third kappa shape index (κ3) is 1.88. The van der Waals surface area contributed by atoms with E-state index in [0.29, 0.717) is 0 Å². The molecule has 0 spiro atoms. The van der Waals surface area contributed by atoms with Gasteiger partial charge in [-0.15, -0.1) is 0 Å². The molecule has 2 heterocycles. The summed E-state index contributed by atoms with van der Waals surface area (Å²) in [5.41, 5.74) is 10.4. The molecule has 0 fully saturated rings. The minimum atomic E-state index is 0.762. The third-order valence-electron chi connectivity index (χ3n) is 3.69. The van der Waals surface area contributed by atoms with Crippen molar-refractivity contribution in [2.45, 2.75) is 17.7 Å². The molecular weight excluding hydrogens is 266 g/mol. The van der Waals surface area contributed by atoms with Gasteiger partial charge >= 0.3 is 0 Å². The van der Waals surface area contributed by atoms with Crippen LogP contribution < -0.4 is 10.6 Å². The molecule has 0 radical (unpaired) electrons. The van der Waals surface area contributed by atoms with Crippen LogP contribution in [0.3, 0.4) is 0 Å². The van der Waals surface area contributed by atoms with Crippen LogP contribution in [-0.2, 0) is 0 Å². The molecule has 100 valence electrons. The summed E-state index contributed by atoms with van der Waals surface area (Å²) in [5, 5.41) is 1.05. The van der Waals surface area contributed by atoms with E-state index in [-0.39, 0.29) is 0 Å². The molecule has 3 nitrogen and oxygen atoms in total. The van der Waals surface area contributed by atoms with Crippen LogP contribution in [0.5, 0.6) is 0 Å². The van der Waals surface area contributed by atoms with Crippen molar-refractivity contribution in [3.05, 3.63) is 53.8 Å². The first kappa shape index (κ1) is 11.9. The Bertz CT molecular complexity index is 698. The maximum Gasteiger partial charge on any atom is 0.173 e. The number of fused-ring (bicyclic) bond motifs is 3. The lowest BCUT2D eigenvalue weighted by Gasteiger charge is -2.22. The zero-order chi connectivity index (χ0) is 13.5. The molecule has 0 saturated carbocycles. The standard InChI is InChI=1S/C16H15N3S/c17-13-6-7-15-14(8-13)19-10-12(9-18-16(19)20-15)11-4-2-1-3-5-11/h2,4-8,10H,1,3,9,17H2. The van der Waals surface area contributed by atoms with Crippen LogP contribution in [0.4, 0.5) is 11.4 Å². The number of amidine groups is 1. The van der Waals surface area contributed by atoms with Gasteiger partial charge < -0.3 is 5.73 Å². The predicted octanol–water partition coefficient (Wildman–Crippen LogP) is 3.71. The van der Waals surface area contributed by atoms with Crippen LogP contribution in [0.15, 0.2) is 63.7 Å². The minimum Gasteiger partial charge on any atom is -0.399 e. The van der Waals surface area contributed by atoms with Crippen LogP contribution in [0.1, 0.15) is 12.8 Å². The van der Waals surface area contributed by atoms with Crippen LogP contribution in [0.2, 0.25) is 0 Å². The van der Waals surface area contributed by atoms with Crippen molar-refractivity contribution in [1.29, 1.82) is 0 Å². The maximum atomic E-state index is 5.91. The molecule has 4 heteroatoms. The van der Waals surface area contributed by atoms with E-state index < -0.39 is 0 Å². The summed E-state index contributed by atoms with van der Waals surface area (Å²) in [5.74, 6) is 0. The number of nitrogens with two attached hydrogens (primary N) is 1. The van der Waals surface area contributed by atoms with Crippen molar-refractivity contribution < 1.29 is 0 Å². The maximum absolute atomic E-state index is 5.91. The lowest BCUT2D eigenvalue weighted by molar-refractivity contribution is 1.00. The van der Waals surface area contributed by atoms with Crippen molar-refractivity contribution in [1.82, 2.24) is 0 Å². The van der Waals surface area contributed by atoms with Gasteiger partial charge in [0, 0.05) is 16.8 Å². The summed E-state index contributed by atoms with van der Waals surface area (Å²) >= 11 is 1.72. The molecule has 1 aliphatic carbocycles. The van der Waals surface area contributed by atoms with Crippen molar-refractivity contribution >= 4 is 28.3 Å². The molecule has 20 heavy (non-hydrogen) atoms. The molecule has 2 N–H and O–H groups in total. The fourth-order valence-electron chi connectivity index (χ4n) is 2.66. The summed E-state index contributed by atoms with van der Waals surface area (Å²) in [4.78, 5) is 8.10. The van der Waals surface area contributed by atoms with Gasteiger partial charge in [0.15, 0.2) is 5.17 Å². The summed E-state index contributed by atoms with van der Waals surface area (Å²) in [6.45, 7) is 0.762. The van der Waals surface area contributed by atoms with Gasteiger partial charge in [0.05, 0.1) is 12.2 Å². The summed E-state index contributed by atoms with van der Waals surface area (Å²) in [6, 6.07) is 6.04. The van der Waals surface area contributed by atoms with Gasteiger partial charge in [0.1, 0.15) is 0 Å². The Labute approximate surface area is 122 Å². The second-order valence-corrected chi connectivity index (χ2v) is 6.10. The van der Waals surface area contributed by atoms with Gasteiger partial charge in [-0.05, 0) is 53.9 Å². The largest absolute Gasteiger partial charge is 0.399 e. The average molecular weight is 281 g/mol. The Morgan fingerprint density at radius 3 is 3.05 bits per heavy atom. The summed E-state index contributed by atoms with van der Waals surface area (Å²) in [7, 11) is 0. The zero-order valence-electron chi connectivity index (χ0n) is 11.0. The van der Waals surface area contributed by atoms with E-state index in [0.717, 1.165) is 35.9 Å². The number of nitrogens with zero attached hydrogens (tertiary/aromatic N) is 2. The van der Waals surface area contributed by atoms with Crippen LogP contribution in [0, 0.1) is 0 Å². The SMILES string of the molecule is Nc1ccc2c(c1)N1C=C(C3=CCCC=C3)CN=C1S2. The number of hydrogen-bond acceptors (Lipinski definition) is 4. The molecule has 1 aromatic rings. The van der Waals surface area contributed by atoms with E-state index in [1.165, 1.54) is 16.0 Å². The first-order chi connectivity index (χ1) is 9.81. The quantitative estimate of drug-likeness (QED) is 0.798. The monoisotopic (exact) mass is 281 g/mol. The van der Waals surface area contributed by atoms with Gasteiger partial charge in [-0.25, -0.2) is 0 Å². The van der Waals surface area contributed by atoms with Crippen LogP contribution in [0.25, 0.3) is 0 Å². The summed E-state index contributed by atoms with van der Waals surface area (Å²) < 4.78 is 0. The Morgan fingerprint density at radius 2 is 2.20 bits per heavy atom. The molecule has 0 aromatic heterocycles. The number of nitrogen functional groups attached to an aromatic ring is 1. The molecular formula is C16H15N3S. The molecule has 1 aromatic carbocycles. The van der Waals surface area contributed by atoms with E-state index in [1.807, 2.05) is 12.1 Å². The van der Waals surface area contributed by atoms with Gasteiger partial charge in [-0.1, -0.05) is 18.2 Å². The topological polar surface area (TPSA) is 41.6 Å². The van der Waals surface area contributed by atoms with Gasteiger partial charge in [-0.2, -0.15) is 0 Å². The Morgan fingerprint density at radius 1 is 1.25 bits per heavy atom. The summed E-state index contributed by atoms with van der Waals surface area (Å²) in [6.07, 6.45) is 11.2. The molecule has 4 rings (SSSR count). The fraction of sp³-hybridized carbons (Fsp3) is 0.188. The van der Waals surface area contributed by atoms with Crippen molar-refractivity contribution in [2.75, 3.05) is 17.2 Å². The van der Waals surface area contributed by atoms with Crippen LogP contribution in [-0.4, -0.2) is 11.7 Å². The van der Waals surface area contributed by atoms with E-state index in [4.69, 9.17) is 10.7 Å². The molecule has 0 atom stereocenters. The number of hydrogen-bond donors (Lipinski definition) is 1. The second-order valence-electron chi connectivity index (χ2n) is 5.09. The molecule has 0 saturated heterocycles. The Hall–Kier alpha value is -1.94.